The van der Waals surface area contributed by atoms with Gasteiger partial charge in [-0.15, -0.1) is 12.4 Å². The van der Waals surface area contributed by atoms with Gasteiger partial charge in [-0.25, -0.2) is 0 Å². The first-order valence-electron chi connectivity index (χ1n) is 8.87. The van der Waals surface area contributed by atoms with Crippen molar-refractivity contribution in [1.29, 1.82) is 0 Å². The number of benzene rings is 1. The van der Waals surface area contributed by atoms with Crippen molar-refractivity contribution in [3.63, 3.8) is 0 Å². The summed E-state index contributed by atoms with van der Waals surface area (Å²) in [4.78, 5) is 28.8. The quantitative estimate of drug-likeness (QED) is 0.825. The summed E-state index contributed by atoms with van der Waals surface area (Å²) in [5, 5.41) is 6.25. The third-order valence-corrected chi connectivity index (χ3v) is 5.37. The van der Waals surface area contributed by atoms with E-state index in [1.54, 1.807) is 0 Å². The second-order valence-electron chi connectivity index (χ2n) is 6.90. The summed E-state index contributed by atoms with van der Waals surface area (Å²) in [6.07, 6.45) is 2.28. The second kappa shape index (κ2) is 7.72. The zero-order chi connectivity index (χ0) is 16.5. The monoisotopic (exact) mass is 364 g/mol. The number of aryl methyl sites for hydroxylation is 1. The van der Waals surface area contributed by atoms with Crippen LogP contribution in [0, 0.1) is 0 Å². The number of carbonyl (C=O) groups excluding carboxylic acids is 2. The van der Waals surface area contributed by atoms with Crippen LogP contribution in [0.4, 0.5) is 5.69 Å². The molecule has 6 nitrogen and oxygen atoms in total. The Kier molecular flexibility index (Phi) is 5.61. The molecule has 2 amide bonds. The van der Waals surface area contributed by atoms with Crippen molar-refractivity contribution in [2.24, 2.45) is 0 Å². The highest BCUT2D eigenvalue weighted by Gasteiger charge is 2.31. The van der Waals surface area contributed by atoms with Crippen molar-refractivity contribution in [2.75, 3.05) is 44.6 Å². The summed E-state index contributed by atoms with van der Waals surface area (Å²) in [6.45, 7) is 5.90. The Morgan fingerprint density at radius 1 is 1.12 bits per heavy atom. The molecule has 136 valence electrons. The van der Waals surface area contributed by atoms with E-state index in [9.17, 15) is 9.59 Å². The summed E-state index contributed by atoms with van der Waals surface area (Å²) in [5.74, 6) is 0.173. The van der Waals surface area contributed by atoms with Gasteiger partial charge in [-0.1, -0.05) is 0 Å². The lowest BCUT2D eigenvalue weighted by atomic mass is 10.00. The van der Waals surface area contributed by atoms with Crippen LogP contribution >= 0.6 is 12.4 Å². The van der Waals surface area contributed by atoms with Gasteiger partial charge in [0, 0.05) is 63.0 Å². The van der Waals surface area contributed by atoms with Crippen LogP contribution in [0.2, 0.25) is 0 Å². The molecule has 1 aromatic rings. The van der Waals surface area contributed by atoms with E-state index in [2.05, 4.69) is 15.5 Å². The predicted molar refractivity (Wildman–Crippen MR) is 99.4 cm³/mol. The number of rotatable bonds is 2. The average molecular weight is 365 g/mol. The average Bonchev–Trinajstić information content (AvgIpc) is 3.11. The standard InChI is InChI=1S/C18H24N4O2.ClH/c23-17-4-2-13-11-14(1-3-16(13)20-17)18(24)22-8-5-15(12-22)21-9-6-19-7-10-21;/h1,3,11,15,19H,2,4-10,12H2,(H,20,23);1H. The molecule has 0 spiro atoms. The van der Waals surface area contributed by atoms with E-state index < -0.39 is 0 Å². The summed E-state index contributed by atoms with van der Waals surface area (Å²) in [7, 11) is 0. The number of piperazine rings is 1. The number of anilines is 1. The number of carbonyl (C=O) groups is 2. The number of hydrogen-bond donors (Lipinski definition) is 2. The van der Waals surface area contributed by atoms with E-state index in [-0.39, 0.29) is 24.2 Å². The first-order valence-corrected chi connectivity index (χ1v) is 8.87. The van der Waals surface area contributed by atoms with Crippen molar-refractivity contribution in [2.45, 2.75) is 25.3 Å². The molecule has 0 bridgehead atoms. The Bertz CT molecular complexity index is 660. The maximum absolute atomic E-state index is 12.8. The largest absolute Gasteiger partial charge is 0.337 e. The lowest BCUT2D eigenvalue weighted by molar-refractivity contribution is -0.116. The normalized spacial score (nSPS) is 23.6. The van der Waals surface area contributed by atoms with Crippen molar-refractivity contribution >= 4 is 29.9 Å². The van der Waals surface area contributed by atoms with Crippen molar-refractivity contribution in [3.05, 3.63) is 29.3 Å². The van der Waals surface area contributed by atoms with E-state index in [0.717, 1.165) is 62.5 Å². The topological polar surface area (TPSA) is 64.7 Å². The molecule has 7 heteroatoms. The van der Waals surface area contributed by atoms with Gasteiger partial charge in [-0.2, -0.15) is 0 Å². The van der Waals surface area contributed by atoms with Gasteiger partial charge in [0.25, 0.3) is 5.91 Å². The fourth-order valence-electron chi connectivity index (χ4n) is 3.97. The summed E-state index contributed by atoms with van der Waals surface area (Å²) < 4.78 is 0. The Labute approximate surface area is 154 Å². The van der Waals surface area contributed by atoms with Gasteiger partial charge in [0.15, 0.2) is 0 Å². The zero-order valence-corrected chi connectivity index (χ0v) is 15.1. The third-order valence-electron chi connectivity index (χ3n) is 5.37. The zero-order valence-electron chi connectivity index (χ0n) is 14.3. The minimum Gasteiger partial charge on any atom is -0.337 e. The number of halogens is 1. The maximum atomic E-state index is 12.8. The van der Waals surface area contributed by atoms with E-state index >= 15 is 0 Å². The molecular weight excluding hydrogens is 340 g/mol. The Morgan fingerprint density at radius 2 is 1.92 bits per heavy atom. The van der Waals surface area contributed by atoms with Crippen LogP contribution < -0.4 is 10.6 Å². The van der Waals surface area contributed by atoms with Crippen molar-refractivity contribution in [1.82, 2.24) is 15.1 Å². The van der Waals surface area contributed by atoms with Gasteiger partial charge >= 0.3 is 0 Å². The van der Waals surface area contributed by atoms with Crippen LogP contribution in [-0.2, 0) is 11.2 Å². The lowest BCUT2D eigenvalue weighted by Crippen LogP contribution is -2.49. The molecule has 0 aliphatic carbocycles. The van der Waals surface area contributed by atoms with Crippen LogP contribution in [-0.4, -0.2) is 66.9 Å². The first kappa shape index (κ1) is 18.2. The first-order chi connectivity index (χ1) is 11.7. The highest BCUT2D eigenvalue weighted by molar-refractivity contribution is 5.98. The lowest BCUT2D eigenvalue weighted by Gasteiger charge is -2.32. The molecule has 3 heterocycles. The number of amides is 2. The summed E-state index contributed by atoms with van der Waals surface area (Å²) in [5.41, 5.74) is 2.66. The molecule has 2 N–H and O–H groups in total. The van der Waals surface area contributed by atoms with Crippen LogP contribution in [0.1, 0.15) is 28.8 Å². The molecule has 1 unspecified atom stereocenters. The third kappa shape index (κ3) is 3.81. The highest BCUT2D eigenvalue weighted by atomic mass is 35.5. The molecule has 3 aliphatic heterocycles. The molecule has 1 aromatic carbocycles. The number of nitrogens with zero attached hydrogens (tertiary/aromatic N) is 2. The van der Waals surface area contributed by atoms with Gasteiger partial charge in [-0.05, 0) is 36.6 Å². The maximum Gasteiger partial charge on any atom is 0.253 e. The van der Waals surface area contributed by atoms with Crippen LogP contribution in [0.3, 0.4) is 0 Å². The van der Waals surface area contributed by atoms with E-state index in [1.807, 2.05) is 23.1 Å². The SMILES string of the molecule is Cl.O=C1CCc2cc(C(=O)N3CCC(N4CCNCC4)C3)ccc2N1. The van der Waals surface area contributed by atoms with Crippen molar-refractivity contribution in [3.8, 4) is 0 Å². The molecule has 4 rings (SSSR count). The van der Waals surface area contributed by atoms with Crippen LogP contribution in [0.5, 0.6) is 0 Å². The van der Waals surface area contributed by atoms with Gasteiger partial charge in [0.1, 0.15) is 0 Å². The Morgan fingerprint density at radius 3 is 2.72 bits per heavy atom. The van der Waals surface area contributed by atoms with E-state index in [0.29, 0.717) is 18.9 Å². The number of nitrogens with one attached hydrogen (secondary N) is 2. The molecule has 1 atom stereocenters. The smallest absolute Gasteiger partial charge is 0.253 e. The molecule has 25 heavy (non-hydrogen) atoms. The van der Waals surface area contributed by atoms with Gasteiger partial charge in [-0.3, -0.25) is 14.5 Å². The molecule has 2 saturated heterocycles. The van der Waals surface area contributed by atoms with Gasteiger partial charge in [0.2, 0.25) is 5.91 Å². The van der Waals surface area contributed by atoms with E-state index in [4.69, 9.17) is 0 Å². The number of hydrogen-bond acceptors (Lipinski definition) is 4. The Balaban J connectivity index is 0.00000182. The van der Waals surface area contributed by atoms with Crippen LogP contribution in [0.25, 0.3) is 0 Å². The number of fused-ring (bicyclic) bond motifs is 1. The Hall–Kier alpha value is -1.63. The molecule has 0 saturated carbocycles. The minimum atomic E-state index is 0. The summed E-state index contributed by atoms with van der Waals surface area (Å²) in [6, 6.07) is 6.15. The molecule has 0 radical (unpaired) electrons. The second-order valence-corrected chi connectivity index (χ2v) is 6.90. The highest BCUT2D eigenvalue weighted by Crippen LogP contribution is 2.25. The fraction of sp³-hybridized carbons (Fsp3) is 0.556. The predicted octanol–water partition coefficient (Wildman–Crippen LogP) is 1.11. The number of likely N-dealkylation sites (tertiary alicyclic amines) is 1. The fourth-order valence-corrected chi connectivity index (χ4v) is 3.97. The molecule has 3 aliphatic rings. The summed E-state index contributed by atoms with van der Waals surface area (Å²) >= 11 is 0. The molecular formula is C18H25ClN4O2. The molecule has 2 fully saturated rings. The van der Waals surface area contributed by atoms with E-state index in [1.165, 1.54) is 0 Å². The molecule has 0 aromatic heterocycles. The van der Waals surface area contributed by atoms with Gasteiger partial charge < -0.3 is 15.5 Å². The minimum absolute atomic E-state index is 0. The van der Waals surface area contributed by atoms with Crippen molar-refractivity contribution < 1.29 is 9.59 Å². The van der Waals surface area contributed by atoms with Gasteiger partial charge in [0.05, 0.1) is 0 Å². The van der Waals surface area contributed by atoms with Crippen LogP contribution in [0.15, 0.2) is 18.2 Å².